The van der Waals surface area contributed by atoms with Crippen LogP contribution in [-0.4, -0.2) is 11.0 Å². The lowest BCUT2D eigenvalue weighted by molar-refractivity contribution is 0.318. The van der Waals surface area contributed by atoms with Crippen LogP contribution in [0.2, 0.25) is 5.02 Å². The van der Waals surface area contributed by atoms with E-state index in [0.717, 1.165) is 0 Å². The van der Waals surface area contributed by atoms with Crippen LogP contribution in [0.4, 0.5) is 4.39 Å². The molecule has 0 saturated carbocycles. The lowest BCUT2D eigenvalue weighted by atomic mass is 10.2. The summed E-state index contributed by atoms with van der Waals surface area (Å²) in [5.74, 6) is -0.0340. The highest BCUT2D eigenvalue weighted by molar-refractivity contribution is 9.10. The van der Waals surface area contributed by atoms with Gasteiger partial charge in [0, 0.05) is 11.1 Å². The molecule has 0 aromatic heterocycles. The highest BCUT2D eigenvalue weighted by atomic mass is 79.9. The molecule has 0 aliphatic heterocycles. The molecule has 7 heteroatoms. The summed E-state index contributed by atoms with van der Waals surface area (Å²) in [4.78, 5) is 0. The SMILES string of the molecule is NC(=NO)c1cc(Cl)ccc1Oc1ccc(Br)c(F)c1. The molecule has 0 bridgehead atoms. The Morgan fingerprint density at radius 1 is 1.30 bits per heavy atom. The number of halogens is 3. The van der Waals surface area contributed by atoms with Crippen molar-refractivity contribution in [1.29, 1.82) is 0 Å². The topological polar surface area (TPSA) is 67.8 Å². The molecule has 0 aliphatic rings. The molecule has 0 radical (unpaired) electrons. The van der Waals surface area contributed by atoms with Crippen molar-refractivity contribution in [3.63, 3.8) is 0 Å². The van der Waals surface area contributed by atoms with Gasteiger partial charge in [-0.15, -0.1) is 0 Å². The van der Waals surface area contributed by atoms with E-state index < -0.39 is 5.82 Å². The summed E-state index contributed by atoms with van der Waals surface area (Å²) in [6.45, 7) is 0. The van der Waals surface area contributed by atoms with E-state index in [9.17, 15) is 4.39 Å². The van der Waals surface area contributed by atoms with Crippen molar-refractivity contribution in [2.75, 3.05) is 0 Å². The van der Waals surface area contributed by atoms with Crippen LogP contribution in [0.3, 0.4) is 0 Å². The van der Waals surface area contributed by atoms with Crippen molar-refractivity contribution in [3.8, 4) is 11.5 Å². The molecule has 0 atom stereocenters. The van der Waals surface area contributed by atoms with Crippen molar-refractivity contribution in [2.45, 2.75) is 0 Å². The van der Waals surface area contributed by atoms with Crippen molar-refractivity contribution in [3.05, 3.63) is 57.3 Å². The number of amidine groups is 1. The Labute approximate surface area is 127 Å². The van der Waals surface area contributed by atoms with Gasteiger partial charge in [0.15, 0.2) is 5.84 Å². The number of rotatable bonds is 3. The number of ether oxygens (including phenoxy) is 1. The van der Waals surface area contributed by atoms with E-state index in [1.54, 1.807) is 18.2 Å². The fraction of sp³-hybridized carbons (Fsp3) is 0. The van der Waals surface area contributed by atoms with E-state index in [1.807, 2.05) is 0 Å². The molecule has 2 aromatic carbocycles. The van der Waals surface area contributed by atoms with Gasteiger partial charge in [-0.1, -0.05) is 16.8 Å². The molecule has 4 nitrogen and oxygen atoms in total. The molecule has 0 unspecified atom stereocenters. The molecule has 0 aliphatic carbocycles. The maximum Gasteiger partial charge on any atom is 0.173 e. The van der Waals surface area contributed by atoms with Crippen LogP contribution in [-0.2, 0) is 0 Å². The van der Waals surface area contributed by atoms with Crippen LogP contribution >= 0.6 is 27.5 Å². The van der Waals surface area contributed by atoms with Crippen LogP contribution in [0.1, 0.15) is 5.56 Å². The third kappa shape index (κ3) is 3.20. The summed E-state index contributed by atoms with van der Waals surface area (Å²) in [6.07, 6.45) is 0. The second-order valence-electron chi connectivity index (χ2n) is 3.80. The van der Waals surface area contributed by atoms with E-state index in [4.69, 9.17) is 27.3 Å². The molecule has 104 valence electrons. The minimum atomic E-state index is -0.457. The highest BCUT2D eigenvalue weighted by Gasteiger charge is 2.11. The Morgan fingerprint density at radius 2 is 2.05 bits per heavy atom. The summed E-state index contributed by atoms with van der Waals surface area (Å²) in [5, 5.41) is 12.1. The van der Waals surface area contributed by atoms with Gasteiger partial charge in [0.2, 0.25) is 0 Å². The highest BCUT2D eigenvalue weighted by Crippen LogP contribution is 2.29. The number of nitrogens with two attached hydrogens (primary N) is 1. The van der Waals surface area contributed by atoms with Gasteiger partial charge in [0.05, 0.1) is 10.0 Å². The summed E-state index contributed by atoms with van der Waals surface area (Å²) in [6, 6.07) is 8.94. The smallest absolute Gasteiger partial charge is 0.173 e. The first kappa shape index (κ1) is 14.6. The van der Waals surface area contributed by atoms with Crippen LogP contribution in [0.15, 0.2) is 46.0 Å². The zero-order chi connectivity index (χ0) is 14.7. The first-order valence-electron chi connectivity index (χ1n) is 5.41. The number of hydrogen-bond donors (Lipinski definition) is 2. The zero-order valence-corrected chi connectivity index (χ0v) is 12.3. The molecule has 0 heterocycles. The van der Waals surface area contributed by atoms with E-state index in [1.165, 1.54) is 18.2 Å². The molecular formula is C13H9BrClFN2O2. The van der Waals surface area contributed by atoms with E-state index in [2.05, 4.69) is 21.1 Å². The first-order chi connectivity index (χ1) is 9.51. The van der Waals surface area contributed by atoms with Crippen LogP contribution in [0, 0.1) is 5.82 Å². The third-order valence-corrected chi connectivity index (χ3v) is 3.32. The number of benzene rings is 2. The Morgan fingerprint density at radius 3 is 2.70 bits per heavy atom. The molecule has 0 saturated heterocycles. The average molecular weight is 360 g/mol. The van der Waals surface area contributed by atoms with Gasteiger partial charge in [-0.25, -0.2) is 4.39 Å². The maximum absolute atomic E-state index is 13.4. The van der Waals surface area contributed by atoms with Gasteiger partial charge in [-0.05, 0) is 46.3 Å². The van der Waals surface area contributed by atoms with Gasteiger partial charge in [0.25, 0.3) is 0 Å². The summed E-state index contributed by atoms with van der Waals surface area (Å²) in [5.41, 5.74) is 5.86. The molecule has 3 N–H and O–H groups in total. The monoisotopic (exact) mass is 358 g/mol. The average Bonchev–Trinajstić information content (AvgIpc) is 2.44. The predicted molar refractivity (Wildman–Crippen MR) is 78.1 cm³/mol. The standard InChI is InChI=1S/C13H9BrClFN2O2/c14-10-3-2-8(6-11(10)16)20-12-4-1-7(15)5-9(12)13(17)18-19/h1-6,19H,(H2,17,18). The molecule has 0 fully saturated rings. The molecule has 2 aromatic rings. The second-order valence-corrected chi connectivity index (χ2v) is 5.09. The normalized spacial score (nSPS) is 11.4. The summed E-state index contributed by atoms with van der Waals surface area (Å²) >= 11 is 8.91. The van der Waals surface area contributed by atoms with Crippen LogP contribution in [0.5, 0.6) is 11.5 Å². The van der Waals surface area contributed by atoms with Gasteiger partial charge < -0.3 is 15.7 Å². The molecule has 0 spiro atoms. The Kier molecular flexibility index (Phi) is 4.46. The van der Waals surface area contributed by atoms with Crippen molar-refractivity contribution in [1.82, 2.24) is 0 Å². The summed E-state index contributed by atoms with van der Waals surface area (Å²) < 4.78 is 19.3. The van der Waals surface area contributed by atoms with E-state index in [-0.39, 0.29) is 11.6 Å². The quantitative estimate of drug-likeness (QED) is 0.375. The summed E-state index contributed by atoms with van der Waals surface area (Å²) in [7, 11) is 0. The fourth-order valence-electron chi connectivity index (χ4n) is 1.51. The van der Waals surface area contributed by atoms with Crippen molar-refractivity contribution < 1.29 is 14.3 Å². The Hall–Kier alpha value is -1.79. The number of nitrogens with zero attached hydrogens (tertiary/aromatic N) is 1. The Balaban J connectivity index is 2.40. The van der Waals surface area contributed by atoms with Crippen LogP contribution < -0.4 is 10.5 Å². The molecular weight excluding hydrogens is 351 g/mol. The largest absolute Gasteiger partial charge is 0.456 e. The van der Waals surface area contributed by atoms with Gasteiger partial charge in [-0.2, -0.15) is 0 Å². The van der Waals surface area contributed by atoms with Gasteiger partial charge in [0.1, 0.15) is 17.3 Å². The lowest BCUT2D eigenvalue weighted by Crippen LogP contribution is -2.14. The van der Waals surface area contributed by atoms with Gasteiger partial charge in [-0.3, -0.25) is 0 Å². The second kappa shape index (κ2) is 6.11. The fourth-order valence-corrected chi connectivity index (χ4v) is 1.93. The first-order valence-corrected chi connectivity index (χ1v) is 6.58. The van der Waals surface area contributed by atoms with Crippen molar-refractivity contribution >= 4 is 33.4 Å². The Bertz CT molecular complexity index is 679. The number of hydrogen-bond acceptors (Lipinski definition) is 3. The third-order valence-electron chi connectivity index (χ3n) is 2.44. The predicted octanol–water partition coefficient (Wildman–Crippen LogP) is 4.13. The minimum absolute atomic E-state index is 0.153. The van der Waals surface area contributed by atoms with E-state index in [0.29, 0.717) is 20.8 Å². The van der Waals surface area contributed by atoms with Crippen LogP contribution in [0.25, 0.3) is 0 Å². The van der Waals surface area contributed by atoms with Crippen molar-refractivity contribution in [2.24, 2.45) is 10.9 Å². The minimum Gasteiger partial charge on any atom is -0.456 e. The number of oxime groups is 1. The zero-order valence-electron chi connectivity index (χ0n) is 9.98. The maximum atomic E-state index is 13.4. The van der Waals surface area contributed by atoms with Gasteiger partial charge >= 0.3 is 0 Å². The lowest BCUT2D eigenvalue weighted by Gasteiger charge is -2.11. The van der Waals surface area contributed by atoms with E-state index >= 15 is 0 Å². The molecule has 0 amide bonds. The molecule has 20 heavy (non-hydrogen) atoms. The molecule has 2 rings (SSSR count).